The maximum Gasteiger partial charge on any atom is 0.308 e. The quantitative estimate of drug-likeness (QED) is 0.912. The van der Waals surface area contributed by atoms with Gasteiger partial charge < -0.3 is 10.0 Å². The number of carboxylic acids is 1. The Hall–Kier alpha value is -2.68. The maximum absolute atomic E-state index is 11.3. The highest BCUT2D eigenvalue weighted by Gasteiger charge is 2.30. The van der Waals surface area contributed by atoms with E-state index in [1.165, 1.54) is 0 Å². The van der Waals surface area contributed by atoms with Gasteiger partial charge in [-0.2, -0.15) is 5.26 Å². The van der Waals surface area contributed by atoms with E-state index in [1.807, 2.05) is 11.0 Å². The number of aromatic nitrogens is 2. The number of benzene rings is 1. The Kier molecular flexibility index (Phi) is 3.63. The molecule has 6 heteroatoms. The average Bonchev–Trinajstić information content (AvgIpc) is 2.53. The van der Waals surface area contributed by atoms with Crippen LogP contribution in [0.2, 0.25) is 0 Å². The second-order valence-corrected chi connectivity index (χ2v) is 5.78. The van der Waals surface area contributed by atoms with Crippen LogP contribution < -0.4 is 4.90 Å². The molecular weight excluding hydrogens is 280 g/mol. The van der Waals surface area contributed by atoms with Gasteiger partial charge in [0.25, 0.3) is 0 Å². The molecule has 1 aliphatic rings. The van der Waals surface area contributed by atoms with Crippen molar-refractivity contribution in [1.82, 2.24) is 9.97 Å². The Morgan fingerprint density at radius 1 is 1.32 bits per heavy atom. The lowest BCUT2D eigenvalue weighted by molar-refractivity contribution is -0.142. The van der Waals surface area contributed by atoms with Gasteiger partial charge in [-0.15, -0.1) is 0 Å². The van der Waals surface area contributed by atoms with Crippen LogP contribution in [0, 0.1) is 23.2 Å². The van der Waals surface area contributed by atoms with Gasteiger partial charge >= 0.3 is 5.97 Å². The first-order chi connectivity index (χ1) is 10.6. The highest BCUT2D eigenvalue weighted by atomic mass is 16.4. The van der Waals surface area contributed by atoms with Gasteiger partial charge in [0.1, 0.15) is 17.1 Å². The lowest BCUT2D eigenvalue weighted by Gasteiger charge is -2.36. The number of nitriles is 1. The molecule has 22 heavy (non-hydrogen) atoms. The number of carbonyl (C=O) groups is 1. The predicted octanol–water partition coefficient (Wildman–Crippen LogP) is 2.05. The fourth-order valence-electron chi connectivity index (χ4n) is 3.12. The molecule has 0 radical (unpaired) electrons. The van der Waals surface area contributed by atoms with Crippen molar-refractivity contribution in [1.29, 1.82) is 5.26 Å². The molecular formula is C16H16N4O2. The second-order valence-electron chi connectivity index (χ2n) is 5.78. The van der Waals surface area contributed by atoms with Crippen molar-refractivity contribution in [2.24, 2.45) is 11.8 Å². The number of rotatable bonds is 2. The van der Waals surface area contributed by atoms with Crippen LogP contribution in [0.25, 0.3) is 11.0 Å². The zero-order valence-corrected chi connectivity index (χ0v) is 12.2. The SMILES string of the molecule is C[C@@H]1C[C@H](C(=O)O)CN(c2ccc(C#N)c3nccnc23)C1. The number of hydrogen-bond donors (Lipinski definition) is 1. The number of nitrogens with zero attached hydrogens (tertiary/aromatic N) is 4. The van der Waals surface area contributed by atoms with Gasteiger partial charge in [0.05, 0.1) is 17.2 Å². The van der Waals surface area contributed by atoms with E-state index >= 15 is 0 Å². The minimum atomic E-state index is -0.763. The molecule has 0 amide bonds. The molecule has 0 spiro atoms. The molecule has 1 aliphatic heterocycles. The summed E-state index contributed by atoms with van der Waals surface area (Å²) in [6, 6.07) is 5.68. The molecule has 1 fully saturated rings. The maximum atomic E-state index is 11.3. The summed E-state index contributed by atoms with van der Waals surface area (Å²) in [7, 11) is 0. The number of anilines is 1. The van der Waals surface area contributed by atoms with Crippen molar-refractivity contribution in [3.05, 3.63) is 30.1 Å². The summed E-state index contributed by atoms with van der Waals surface area (Å²) in [4.78, 5) is 22.0. The van der Waals surface area contributed by atoms with Crippen LogP contribution in [0.1, 0.15) is 18.9 Å². The molecule has 0 unspecified atom stereocenters. The summed E-state index contributed by atoms with van der Waals surface area (Å²) < 4.78 is 0. The number of fused-ring (bicyclic) bond motifs is 1. The van der Waals surface area contributed by atoms with Gasteiger partial charge in [0, 0.05) is 25.5 Å². The molecule has 6 nitrogen and oxygen atoms in total. The molecule has 1 saturated heterocycles. The monoisotopic (exact) mass is 296 g/mol. The number of hydrogen-bond acceptors (Lipinski definition) is 5. The first-order valence-corrected chi connectivity index (χ1v) is 7.21. The molecule has 112 valence electrons. The number of carboxylic acid groups (broad SMARTS) is 1. The summed E-state index contributed by atoms with van der Waals surface area (Å²) in [6.07, 6.45) is 3.84. The fourth-order valence-corrected chi connectivity index (χ4v) is 3.12. The Bertz CT molecular complexity index is 768. The molecule has 1 aromatic heterocycles. The smallest absolute Gasteiger partial charge is 0.308 e. The molecule has 3 rings (SSSR count). The third-order valence-electron chi connectivity index (χ3n) is 4.07. The molecule has 0 saturated carbocycles. The van der Waals surface area contributed by atoms with Crippen LogP contribution in [0.15, 0.2) is 24.5 Å². The minimum Gasteiger partial charge on any atom is -0.481 e. The van der Waals surface area contributed by atoms with E-state index in [0.717, 1.165) is 12.2 Å². The van der Waals surface area contributed by atoms with Gasteiger partial charge in [-0.05, 0) is 24.5 Å². The molecule has 2 heterocycles. The Morgan fingerprint density at radius 3 is 2.73 bits per heavy atom. The van der Waals surface area contributed by atoms with Gasteiger partial charge in [-0.1, -0.05) is 6.92 Å². The zero-order valence-electron chi connectivity index (χ0n) is 12.2. The van der Waals surface area contributed by atoms with Gasteiger partial charge in [-0.3, -0.25) is 14.8 Å². The lowest BCUT2D eigenvalue weighted by atomic mass is 9.90. The van der Waals surface area contributed by atoms with Crippen molar-refractivity contribution in [3.63, 3.8) is 0 Å². The van der Waals surface area contributed by atoms with Crippen molar-refractivity contribution < 1.29 is 9.90 Å². The topological polar surface area (TPSA) is 90.1 Å². The van der Waals surface area contributed by atoms with E-state index in [1.54, 1.807) is 18.5 Å². The van der Waals surface area contributed by atoms with E-state index in [4.69, 9.17) is 0 Å². The van der Waals surface area contributed by atoms with E-state index in [2.05, 4.69) is 23.0 Å². The van der Waals surface area contributed by atoms with Gasteiger partial charge in [-0.25, -0.2) is 0 Å². The Balaban J connectivity index is 2.07. The van der Waals surface area contributed by atoms with E-state index in [0.29, 0.717) is 29.6 Å². The van der Waals surface area contributed by atoms with Crippen LogP contribution in [0.4, 0.5) is 5.69 Å². The lowest BCUT2D eigenvalue weighted by Crippen LogP contribution is -2.42. The van der Waals surface area contributed by atoms with E-state index in [9.17, 15) is 15.2 Å². The van der Waals surface area contributed by atoms with Gasteiger partial charge in [0.15, 0.2) is 0 Å². The van der Waals surface area contributed by atoms with Crippen LogP contribution in [-0.4, -0.2) is 34.1 Å². The molecule has 1 N–H and O–H groups in total. The fraction of sp³-hybridized carbons (Fsp3) is 0.375. The van der Waals surface area contributed by atoms with Crippen molar-refractivity contribution in [2.45, 2.75) is 13.3 Å². The predicted molar refractivity (Wildman–Crippen MR) is 81.4 cm³/mol. The summed E-state index contributed by atoms with van der Waals surface area (Å²) in [5.74, 6) is -0.857. The third-order valence-corrected chi connectivity index (χ3v) is 4.07. The van der Waals surface area contributed by atoms with Crippen LogP contribution in [-0.2, 0) is 4.79 Å². The standard InChI is InChI=1S/C16H16N4O2/c1-10-6-12(16(21)22)9-20(8-10)13-3-2-11(7-17)14-15(13)19-5-4-18-14/h2-5,10,12H,6,8-9H2,1H3,(H,21,22)/t10-,12+/m1/s1. The van der Waals surface area contributed by atoms with Crippen molar-refractivity contribution in [3.8, 4) is 6.07 Å². The van der Waals surface area contributed by atoms with Crippen LogP contribution >= 0.6 is 0 Å². The number of aliphatic carboxylic acids is 1. The third kappa shape index (κ3) is 2.46. The highest BCUT2D eigenvalue weighted by molar-refractivity contribution is 5.92. The minimum absolute atomic E-state index is 0.289. The largest absolute Gasteiger partial charge is 0.481 e. The van der Waals surface area contributed by atoms with E-state index < -0.39 is 5.97 Å². The summed E-state index contributed by atoms with van der Waals surface area (Å²) in [5.41, 5.74) is 2.54. The number of piperidine rings is 1. The zero-order chi connectivity index (χ0) is 15.7. The molecule has 2 aromatic rings. The molecule has 0 aliphatic carbocycles. The van der Waals surface area contributed by atoms with Crippen molar-refractivity contribution >= 4 is 22.7 Å². The normalized spacial score (nSPS) is 21.5. The van der Waals surface area contributed by atoms with Crippen molar-refractivity contribution in [2.75, 3.05) is 18.0 Å². The summed E-state index contributed by atoms with van der Waals surface area (Å²) in [5, 5.41) is 18.5. The second kappa shape index (κ2) is 5.60. The Labute approximate surface area is 128 Å². The molecule has 1 aromatic carbocycles. The summed E-state index contributed by atoms with van der Waals surface area (Å²) >= 11 is 0. The van der Waals surface area contributed by atoms with Crippen LogP contribution in [0.3, 0.4) is 0 Å². The van der Waals surface area contributed by atoms with Crippen LogP contribution in [0.5, 0.6) is 0 Å². The summed E-state index contributed by atoms with van der Waals surface area (Å²) in [6.45, 7) is 3.29. The van der Waals surface area contributed by atoms with Gasteiger partial charge in [0.2, 0.25) is 0 Å². The van der Waals surface area contributed by atoms with E-state index in [-0.39, 0.29) is 11.8 Å². The first kappa shape index (κ1) is 14.3. The molecule has 2 atom stereocenters. The molecule has 0 bridgehead atoms. The highest BCUT2D eigenvalue weighted by Crippen LogP contribution is 2.31. The first-order valence-electron chi connectivity index (χ1n) is 7.21. The average molecular weight is 296 g/mol. The Morgan fingerprint density at radius 2 is 2.05 bits per heavy atom.